The molecule has 138 valence electrons. The summed E-state index contributed by atoms with van der Waals surface area (Å²) in [6, 6.07) is 15.2. The van der Waals surface area contributed by atoms with Crippen LogP contribution in [0.4, 0.5) is 10.5 Å². The van der Waals surface area contributed by atoms with Gasteiger partial charge in [0.15, 0.2) is 0 Å². The van der Waals surface area contributed by atoms with Gasteiger partial charge in [0.05, 0.1) is 0 Å². The number of carbonyl (C=O) groups excluding carboxylic acids is 1. The van der Waals surface area contributed by atoms with E-state index in [1.54, 1.807) is 24.3 Å². The van der Waals surface area contributed by atoms with E-state index in [4.69, 9.17) is 16.3 Å². The van der Waals surface area contributed by atoms with Crippen LogP contribution in [0.3, 0.4) is 0 Å². The highest BCUT2D eigenvalue weighted by molar-refractivity contribution is 6.30. The number of amides is 2. The Labute approximate surface area is 159 Å². The Balaban J connectivity index is 1.37. The second-order valence-electron chi connectivity index (χ2n) is 6.43. The first-order chi connectivity index (χ1) is 12.6. The van der Waals surface area contributed by atoms with Crippen LogP contribution >= 0.6 is 11.6 Å². The average molecular weight is 374 g/mol. The SMILES string of the molecule is Cc1ccc(OCCN2CCN(C(=O)Nc3ccc(Cl)cc3)CC2)cc1. The molecule has 1 aliphatic rings. The molecule has 0 radical (unpaired) electrons. The Morgan fingerprint density at radius 2 is 1.69 bits per heavy atom. The molecule has 1 fully saturated rings. The summed E-state index contributed by atoms with van der Waals surface area (Å²) in [4.78, 5) is 16.5. The van der Waals surface area contributed by atoms with Crippen molar-refractivity contribution in [3.63, 3.8) is 0 Å². The lowest BCUT2D eigenvalue weighted by Gasteiger charge is -2.34. The number of hydrogen-bond donors (Lipinski definition) is 1. The molecule has 26 heavy (non-hydrogen) atoms. The Hall–Kier alpha value is -2.24. The van der Waals surface area contributed by atoms with Gasteiger partial charge < -0.3 is 15.0 Å². The van der Waals surface area contributed by atoms with Crippen molar-refractivity contribution in [2.45, 2.75) is 6.92 Å². The first-order valence-corrected chi connectivity index (χ1v) is 9.21. The minimum absolute atomic E-state index is 0.0668. The first-order valence-electron chi connectivity index (χ1n) is 8.83. The van der Waals surface area contributed by atoms with Crippen LogP contribution in [0.2, 0.25) is 5.02 Å². The fraction of sp³-hybridized carbons (Fsp3) is 0.350. The Morgan fingerprint density at radius 1 is 1.04 bits per heavy atom. The normalized spacial score (nSPS) is 14.9. The first kappa shape index (κ1) is 18.5. The average Bonchev–Trinajstić information content (AvgIpc) is 2.66. The van der Waals surface area contributed by atoms with E-state index >= 15 is 0 Å². The third kappa shape index (κ3) is 5.38. The highest BCUT2D eigenvalue weighted by atomic mass is 35.5. The van der Waals surface area contributed by atoms with Crippen molar-refractivity contribution in [3.8, 4) is 5.75 Å². The number of halogens is 1. The van der Waals surface area contributed by atoms with Gasteiger partial charge in [0.2, 0.25) is 0 Å². The molecule has 5 nitrogen and oxygen atoms in total. The van der Waals surface area contributed by atoms with Gasteiger partial charge in [0.25, 0.3) is 0 Å². The molecule has 3 rings (SSSR count). The molecule has 0 aliphatic carbocycles. The van der Waals surface area contributed by atoms with Gasteiger partial charge >= 0.3 is 6.03 Å². The van der Waals surface area contributed by atoms with Crippen LogP contribution in [-0.4, -0.2) is 55.2 Å². The predicted octanol–water partition coefficient (Wildman–Crippen LogP) is 3.88. The van der Waals surface area contributed by atoms with Crippen LogP contribution in [0, 0.1) is 6.92 Å². The quantitative estimate of drug-likeness (QED) is 0.865. The molecular formula is C20H24ClN3O2. The van der Waals surface area contributed by atoms with Crippen molar-refractivity contribution in [2.24, 2.45) is 0 Å². The third-order valence-electron chi connectivity index (χ3n) is 4.45. The number of nitrogens with one attached hydrogen (secondary N) is 1. The van der Waals surface area contributed by atoms with Crippen molar-refractivity contribution < 1.29 is 9.53 Å². The van der Waals surface area contributed by atoms with Gasteiger partial charge in [0.1, 0.15) is 12.4 Å². The molecule has 1 heterocycles. The maximum atomic E-state index is 12.3. The van der Waals surface area contributed by atoms with E-state index in [1.165, 1.54) is 5.56 Å². The van der Waals surface area contributed by atoms with E-state index < -0.39 is 0 Å². The Kier molecular flexibility index (Phi) is 6.36. The summed E-state index contributed by atoms with van der Waals surface area (Å²) in [6.07, 6.45) is 0. The summed E-state index contributed by atoms with van der Waals surface area (Å²) in [5.41, 5.74) is 1.98. The molecule has 0 aromatic heterocycles. The van der Waals surface area contributed by atoms with Crippen LogP contribution in [0.15, 0.2) is 48.5 Å². The molecule has 2 aromatic rings. The van der Waals surface area contributed by atoms with E-state index in [2.05, 4.69) is 17.1 Å². The maximum absolute atomic E-state index is 12.3. The molecule has 0 atom stereocenters. The number of piperazine rings is 1. The van der Waals surface area contributed by atoms with Gasteiger partial charge in [0, 0.05) is 43.4 Å². The zero-order valence-electron chi connectivity index (χ0n) is 15.0. The zero-order valence-corrected chi connectivity index (χ0v) is 15.7. The monoisotopic (exact) mass is 373 g/mol. The second-order valence-corrected chi connectivity index (χ2v) is 6.86. The van der Waals surface area contributed by atoms with Crippen LogP contribution in [-0.2, 0) is 0 Å². The molecular weight excluding hydrogens is 350 g/mol. The second kappa shape index (κ2) is 8.92. The molecule has 1 aliphatic heterocycles. The molecule has 0 saturated carbocycles. The van der Waals surface area contributed by atoms with Gasteiger partial charge in [-0.2, -0.15) is 0 Å². The van der Waals surface area contributed by atoms with E-state index in [0.29, 0.717) is 24.7 Å². The fourth-order valence-electron chi connectivity index (χ4n) is 2.84. The van der Waals surface area contributed by atoms with Gasteiger partial charge in [-0.1, -0.05) is 29.3 Å². The summed E-state index contributed by atoms with van der Waals surface area (Å²) in [7, 11) is 0. The highest BCUT2D eigenvalue weighted by Gasteiger charge is 2.20. The highest BCUT2D eigenvalue weighted by Crippen LogP contribution is 2.15. The van der Waals surface area contributed by atoms with Crippen molar-refractivity contribution in [2.75, 3.05) is 44.6 Å². The minimum Gasteiger partial charge on any atom is -0.492 e. The van der Waals surface area contributed by atoms with Crippen molar-refractivity contribution in [3.05, 3.63) is 59.1 Å². The molecule has 1 N–H and O–H groups in total. The number of benzene rings is 2. The van der Waals surface area contributed by atoms with E-state index in [9.17, 15) is 4.79 Å². The van der Waals surface area contributed by atoms with Gasteiger partial charge in [-0.05, 0) is 43.3 Å². The minimum atomic E-state index is -0.0668. The summed E-state index contributed by atoms with van der Waals surface area (Å²) in [5, 5.41) is 3.56. The van der Waals surface area contributed by atoms with Gasteiger partial charge in [-0.25, -0.2) is 4.79 Å². The Morgan fingerprint density at radius 3 is 2.35 bits per heavy atom. The number of aryl methyl sites for hydroxylation is 1. The summed E-state index contributed by atoms with van der Waals surface area (Å²) >= 11 is 5.86. The number of hydrogen-bond acceptors (Lipinski definition) is 3. The molecule has 2 aromatic carbocycles. The lowest BCUT2D eigenvalue weighted by molar-refractivity contribution is 0.132. The van der Waals surface area contributed by atoms with Gasteiger partial charge in [-0.15, -0.1) is 0 Å². The lowest BCUT2D eigenvalue weighted by atomic mass is 10.2. The third-order valence-corrected chi connectivity index (χ3v) is 4.70. The van der Waals surface area contributed by atoms with E-state index in [0.717, 1.165) is 31.1 Å². The van der Waals surface area contributed by atoms with Crippen molar-refractivity contribution in [1.82, 2.24) is 9.80 Å². The zero-order chi connectivity index (χ0) is 18.4. The number of carbonyl (C=O) groups is 1. The topological polar surface area (TPSA) is 44.8 Å². The smallest absolute Gasteiger partial charge is 0.321 e. The molecule has 0 bridgehead atoms. The van der Waals surface area contributed by atoms with Crippen molar-refractivity contribution >= 4 is 23.3 Å². The largest absolute Gasteiger partial charge is 0.492 e. The number of anilines is 1. The van der Waals surface area contributed by atoms with Crippen LogP contribution in [0.1, 0.15) is 5.56 Å². The van der Waals surface area contributed by atoms with Crippen molar-refractivity contribution in [1.29, 1.82) is 0 Å². The molecule has 1 saturated heterocycles. The molecule has 0 spiro atoms. The fourth-order valence-corrected chi connectivity index (χ4v) is 2.96. The van der Waals surface area contributed by atoms with E-state index in [-0.39, 0.29) is 6.03 Å². The maximum Gasteiger partial charge on any atom is 0.321 e. The molecule has 2 amide bonds. The molecule has 6 heteroatoms. The van der Waals surface area contributed by atoms with Gasteiger partial charge in [-0.3, -0.25) is 4.90 Å². The summed E-state index contributed by atoms with van der Waals surface area (Å²) < 4.78 is 5.78. The number of rotatable bonds is 5. The Bertz CT molecular complexity index is 711. The summed E-state index contributed by atoms with van der Waals surface area (Å²) in [6.45, 7) is 6.71. The van der Waals surface area contributed by atoms with Crippen LogP contribution in [0.5, 0.6) is 5.75 Å². The number of ether oxygens (including phenoxy) is 1. The predicted molar refractivity (Wildman–Crippen MR) is 105 cm³/mol. The van der Waals surface area contributed by atoms with Crippen LogP contribution < -0.4 is 10.1 Å². The number of urea groups is 1. The summed E-state index contributed by atoms with van der Waals surface area (Å²) in [5.74, 6) is 0.900. The van der Waals surface area contributed by atoms with Crippen LogP contribution in [0.25, 0.3) is 0 Å². The lowest BCUT2D eigenvalue weighted by Crippen LogP contribution is -2.50. The molecule has 0 unspecified atom stereocenters. The van der Waals surface area contributed by atoms with E-state index in [1.807, 2.05) is 29.2 Å². The standard InChI is InChI=1S/C20H24ClN3O2/c1-16-2-8-19(9-3-16)26-15-14-23-10-12-24(13-11-23)20(25)22-18-6-4-17(21)5-7-18/h2-9H,10-15H2,1H3,(H,22,25). The number of nitrogens with zero attached hydrogens (tertiary/aromatic N) is 2.